The maximum Gasteiger partial charge on any atom is 0.270 e. The van der Waals surface area contributed by atoms with Gasteiger partial charge < -0.3 is 5.32 Å². The number of non-ortho nitro benzene ring substituents is 1. The van der Waals surface area contributed by atoms with E-state index in [1.165, 1.54) is 12.1 Å². The lowest BCUT2D eigenvalue weighted by atomic mass is 9.95. The molecule has 0 aliphatic rings. The third kappa shape index (κ3) is 4.48. The second-order valence-corrected chi connectivity index (χ2v) is 5.19. The third-order valence-corrected chi connectivity index (χ3v) is 3.97. The molecular formula is C14H21ClN2O2. The maximum absolute atomic E-state index is 10.6. The van der Waals surface area contributed by atoms with Crippen molar-refractivity contribution in [3.8, 4) is 0 Å². The fraction of sp³-hybridized carbons (Fsp3) is 0.571. The van der Waals surface area contributed by atoms with Gasteiger partial charge in [-0.05, 0) is 24.5 Å². The van der Waals surface area contributed by atoms with E-state index < -0.39 is 4.92 Å². The minimum absolute atomic E-state index is 0.0294. The quantitative estimate of drug-likeness (QED) is 0.604. The summed E-state index contributed by atoms with van der Waals surface area (Å²) < 4.78 is 0. The van der Waals surface area contributed by atoms with Crippen LogP contribution in [-0.4, -0.2) is 11.0 Å². The first-order valence-electron chi connectivity index (χ1n) is 6.65. The molecule has 1 unspecified atom stereocenters. The zero-order chi connectivity index (χ0) is 14.4. The van der Waals surface area contributed by atoms with Gasteiger partial charge in [0.05, 0.1) is 9.95 Å². The smallest absolute Gasteiger partial charge is 0.270 e. The molecule has 0 aliphatic carbocycles. The van der Waals surface area contributed by atoms with Crippen LogP contribution in [0.1, 0.15) is 39.2 Å². The highest BCUT2D eigenvalue weighted by atomic mass is 35.5. The minimum atomic E-state index is -0.435. The Morgan fingerprint density at radius 1 is 1.37 bits per heavy atom. The highest BCUT2D eigenvalue weighted by molar-refractivity contribution is 6.31. The van der Waals surface area contributed by atoms with Crippen LogP contribution in [0.2, 0.25) is 5.02 Å². The van der Waals surface area contributed by atoms with Gasteiger partial charge in [-0.3, -0.25) is 10.1 Å². The van der Waals surface area contributed by atoms with E-state index in [9.17, 15) is 10.1 Å². The predicted octanol–water partition coefficient (Wildman–Crippen LogP) is 4.16. The number of nitro groups is 1. The Kier molecular flexibility index (Phi) is 6.25. The Bertz CT molecular complexity index is 433. The summed E-state index contributed by atoms with van der Waals surface area (Å²) in [4.78, 5) is 10.2. The van der Waals surface area contributed by atoms with Gasteiger partial charge in [-0.15, -0.1) is 0 Å². The molecule has 1 aromatic carbocycles. The standard InChI is InChI=1S/C14H21ClN2O2/c1-4-11(5-2)10(3)16-9-12-6-7-13(17(18)19)8-14(12)15/h6-8,10-11,16H,4-5,9H2,1-3H3. The van der Waals surface area contributed by atoms with Gasteiger partial charge in [-0.25, -0.2) is 0 Å². The summed E-state index contributed by atoms with van der Waals surface area (Å²) in [6.07, 6.45) is 2.28. The average Bonchev–Trinajstić information content (AvgIpc) is 2.38. The molecule has 1 rings (SSSR count). The molecule has 0 radical (unpaired) electrons. The highest BCUT2D eigenvalue weighted by Crippen LogP contribution is 2.23. The molecule has 4 nitrogen and oxygen atoms in total. The molecule has 0 aliphatic heterocycles. The molecule has 1 atom stereocenters. The molecule has 5 heteroatoms. The molecule has 0 saturated carbocycles. The largest absolute Gasteiger partial charge is 0.310 e. The lowest BCUT2D eigenvalue weighted by Crippen LogP contribution is -2.32. The van der Waals surface area contributed by atoms with E-state index in [1.54, 1.807) is 6.07 Å². The third-order valence-electron chi connectivity index (χ3n) is 3.62. The minimum Gasteiger partial charge on any atom is -0.310 e. The van der Waals surface area contributed by atoms with Crippen molar-refractivity contribution >= 4 is 17.3 Å². The maximum atomic E-state index is 10.6. The van der Waals surface area contributed by atoms with E-state index in [-0.39, 0.29) is 5.69 Å². The summed E-state index contributed by atoms with van der Waals surface area (Å²) in [5, 5.41) is 14.5. The van der Waals surface area contributed by atoms with E-state index in [0.29, 0.717) is 23.5 Å². The number of nitrogens with zero attached hydrogens (tertiary/aromatic N) is 1. The molecular weight excluding hydrogens is 264 g/mol. The summed E-state index contributed by atoms with van der Waals surface area (Å²) in [7, 11) is 0. The van der Waals surface area contributed by atoms with Gasteiger partial charge in [0, 0.05) is 24.7 Å². The summed E-state index contributed by atoms with van der Waals surface area (Å²) >= 11 is 6.06. The molecule has 19 heavy (non-hydrogen) atoms. The molecule has 0 amide bonds. The second kappa shape index (κ2) is 7.46. The van der Waals surface area contributed by atoms with Crippen molar-refractivity contribution in [2.75, 3.05) is 0 Å². The monoisotopic (exact) mass is 284 g/mol. The Labute approximate surface area is 119 Å². The average molecular weight is 285 g/mol. The van der Waals surface area contributed by atoms with E-state index in [0.717, 1.165) is 18.4 Å². The van der Waals surface area contributed by atoms with Crippen molar-refractivity contribution < 1.29 is 4.92 Å². The lowest BCUT2D eigenvalue weighted by molar-refractivity contribution is -0.384. The first-order valence-corrected chi connectivity index (χ1v) is 7.03. The first-order chi connectivity index (χ1) is 8.99. The van der Waals surface area contributed by atoms with E-state index in [2.05, 4.69) is 26.1 Å². The number of rotatable bonds is 7. The number of nitrogens with one attached hydrogen (secondary N) is 1. The van der Waals surface area contributed by atoms with Crippen LogP contribution in [0, 0.1) is 16.0 Å². The van der Waals surface area contributed by atoms with Crippen LogP contribution in [0.5, 0.6) is 0 Å². The summed E-state index contributed by atoms with van der Waals surface area (Å²) in [6, 6.07) is 5.01. The van der Waals surface area contributed by atoms with Gasteiger partial charge in [0.15, 0.2) is 0 Å². The number of halogens is 1. The molecule has 0 saturated heterocycles. The van der Waals surface area contributed by atoms with Crippen molar-refractivity contribution in [3.05, 3.63) is 38.9 Å². The Morgan fingerprint density at radius 2 is 2.00 bits per heavy atom. The SMILES string of the molecule is CCC(CC)C(C)NCc1ccc([N+](=O)[O-])cc1Cl. The van der Waals surface area contributed by atoms with Gasteiger partial charge >= 0.3 is 0 Å². The Balaban J connectivity index is 2.65. The van der Waals surface area contributed by atoms with Crippen molar-refractivity contribution in [1.82, 2.24) is 5.32 Å². The van der Waals surface area contributed by atoms with Crippen LogP contribution in [0.4, 0.5) is 5.69 Å². The fourth-order valence-electron chi connectivity index (χ4n) is 2.23. The molecule has 0 fully saturated rings. The number of hydrogen-bond acceptors (Lipinski definition) is 3. The van der Waals surface area contributed by atoms with Crippen LogP contribution < -0.4 is 5.32 Å². The molecule has 106 valence electrons. The zero-order valence-corrected chi connectivity index (χ0v) is 12.4. The van der Waals surface area contributed by atoms with Crippen molar-refractivity contribution in [2.45, 2.75) is 46.2 Å². The van der Waals surface area contributed by atoms with Crippen LogP contribution in [0.15, 0.2) is 18.2 Å². The van der Waals surface area contributed by atoms with Crippen LogP contribution >= 0.6 is 11.6 Å². The predicted molar refractivity (Wildman–Crippen MR) is 78.5 cm³/mol. The van der Waals surface area contributed by atoms with Gasteiger partial charge in [0.1, 0.15) is 0 Å². The zero-order valence-electron chi connectivity index (χ0n) is 11.6. The van der Waals surface area contributed by atoms with Gasteiger partial charge in [0.25, 0.3) is 5.69 Å². The number of nitro benzene ring substituents is 1. The van der Waals surface area contributed by atoms with Crippen LogP contribution in [-0.2, 0) is 6.54 Å². The fourth-order valence-corrected chi connectivity index (χ4v) is 2.47. The van der Waals surface area contributed by atoms with Crippen molar-refractivity contribution in [1.29, 1.82) is 0 Å². The van der Waals surface area contributed by atoms with E-state index in [4.69, 9.17) is 11.6 Å². The molecule has 1 aromatic rings. The van der Waals surface area contributed by atoms with Gasteiger partial charge in [-0.1, -0.05) is 38.3 Å². The molecule has 0 aromatic heterocycles. The van der Waals surface area contributed by atoms with Crippen LogP contribution in [0.25, 0.3) is 0 Å². The second-order valence-electron chi connectivity index (χ2n) is 4.78. The summed E-state index contributed by atoms with van der Waals surface area (Å²) in [5.74, 6) is 0.636. The molecule has 0 spiro atoms. The normalized spacial score (nSPS) is 12.7. The first kappa shape index (κ1) is 15.9. The summed E-state index contributed by atoms with van der Waals surface area (Å²) in [6.45, 7) is 7.17. The van der Waals surface area contributed by atoms with Gasteiger partial charge in [0.2, 0.25) is 0 Å². The number of benzene rings is 1. The lowest BCUT2D eigenvalue weighted by Gasteiger charge is -2.22. The van der Waals surface area contributed by atoms with Crippen LogP contribution in [0.3, 0.4) is 0 Å². The van der Waals surface area contributed by atoms with E-state index >= 15 is 0 Å². The highest BCUT2D eigenvalue weighted by Gasteiger charge is 2.14. The van der Waals surface area contributed by atoms with Crippen molar-refractivity contribution in [2.24, 2.45) is 5.92 Å². The Hall–Kier alpha value is -1.13. The van der Waals surface area contributed by atoms with E-state index in [1.807, 2.05) is 0 Å². The molecule has 0 bridgehead atoms. The van der Waals surface area contributed by atoms with Gasteiger partial charge in [-0.2, -0.15) is 0 Å². The molecule has 0 heterocycles. The summed E-state index contributed by atoms with van der Waals surface area (Å²) in [5.41, 5.74) is 0.923. The molecule has 1 N–H and O–H groups in total. The Morgan fingerprint density at radius 3 is 2.47 bits per heavy atom. The topological polar surface area (TPSA) is 55.2 Å². The van der Waals surface area contributed by atoms with Crippen molar-refractivity contribution in [3.63, 3.8) is 0 Å². The number of hydrogen-bond donors (Lipinski definition) is 1.